The number of halogens is 1. The second-order valence-corrected chi connectivity index (χ2v) is 7.72. The lowest BCUT2D eigenvalue weighted by molar-refractivity contribution is -0.146. The third-order valence-electron chi connectivity index (χ3n) is 5.95. The van der Waals surface area contributed by atoms with Gasteiger partial charge in [0.15, 0.2) is 0 Å². The van der Waals surface area contributed by atoms with Gasteiger partial charge in [0.25, 0.3) is 0 Å². The average Bonchev–Trinajstić information content (AvgIpc) is 3.13. The molecule has 0 spiro atoms. The molecule has 1 aromatic carbocycles. The Morgan fingerprint density at radius 1 is 1.36 bits per heavy atom. The average molecular weight is 362 g/mol. The molecule has 2 aliphatic rings. The molecule has 4 rings (SSSR count). The number of hydrogen-bond donors (Lipinski definition) is 0. The maximum absolute atomic E-state index is 12.4. The molecule has 1 saturated heterocycles. The molecule has 2 heterocycles. The van der Waals surface area contributed by atoms with E-state index in [0.29, 0.717) is 23.5 Å². The molecule has 3 atom stereocenters. The van der Waals surface area contributed by atoms with Gasteiger partial charge in [0.2, 0.25) is 0 Å². The minimum absolute atomic E-state index is 0.115. The van der Waals surface area contributed by atoms with Crippen LogP contribution in [0.5, 0.6) is 0 Å². The minimum Gasteiger partial charge on any atom is -0.468 e. The van der Waals surface area contributed by atoms with Gasteiger partial charge in [-0.3, -0.25) is 9.69 Å². The summed E-state index contributed by atoms with van der Waals surface area (Å²) >= 11 is 6.10. The molecule has 1 aliphatic heterocycles. The zero-order valence-corrected chi connectivity index (χ0v) is 15.5. The lowest BCUT2D eigenvalue weighted by Gasteiger charge is -2.32. The van der Waals surface area contributed by atoms with E-state index in [1.165, 1.54) is 26.4 Å². The molecule has 1 aromatic heterocycles. The van der Waals surface area contributed by atoms with E-state index in [1.54, 1.807) is 0 Å². The second kappa shape index (κ2) is 6.61. The zero-order valence-electron chi connectivity index (χ0n) is 14.7. The summed E-state index contributed by atoms with van der Waals surface area (Å²) in [7, 11) is 3.51. The van der Waals surface area contributed by atoms with E-state index in [2.05, 4.69) is 9.47 Å². The maximum Gasteiger partial charge on any atom is 0.323 e. The molecule has 5 nitrogen and oxygen atoms in total. The van der Waals surface area contributed by atoms with E-state index in [4.69, 9.17) is 21.3 Å². The number of hydrogen-bond acceptors (Lipinski definition) is 4. The molecule has 1 saturated carbocycles. The topological polar surface area (TPSA) is 47.4 Å². The fraction of sp³-hybridized carbons (Fsp3) is 0.579. The third kappa shape index (κ3) is 2.93. The summed E-state index contributed by atoms with van der Waals surface area (Å²) in [5.41, 5.74) is 1.97. The van der Waals surface area contributed by atoms with Gasteiger partial charge in [-0.25, -0.2) is 4.98 Å². The second-order valence-electron chi connectivity index (χ2n) is 7.28. The number of carbonyl (C=O) groups is 1. The summed E-state index contributed by atoms with van der Waals surface area (Å²) in [6.07, 6.45) is 5.80. The van der Waals surface area contributed by atoms with Gasteiger partial charge in [-0.05, 0) is 43.4 Å². The van der Waals surface area contributed by atoms with Crippen molar-refractivity contribution in [1.29, 1.82) is 0 Å². The van der Waals surface area contributed by atoms with Gasteiger partial charge in [-0.15, -0.1) is 0 Å². The first-order valence-electron chi connectivity index (χ1n) is 9.03. The number of aryl methyl sites for hydroxylation is 1. The number of methoxy groups -OCH3 is 1. The van der Waals surface area contributed by atoms with Crippen molar-refractivity contribution in [3.05, 3.63) is 29.0 Å². The SMILES string of the molecule is COC(=O)[C@@H]1C[C@@H]2CCCC[C@@H]2N1Cc1nc2cc(Cl)ccc2n1C. The highest BCUT2D eigenvalue weighted by Gasteiger charge is 2.45. The number of ether oxygens (including phenoxy) is 1. The maximum atomic E-state index is 12.4. The molecule has 0 amide bonds. The number of esters is 1. The fourth-order valence-corrected chi connectivity index (χ4v) is 4.84. The molecule has 0 radical (unpaired) electrons. The van der Waals surface area contributed by atoms with Gasteiger partial charge in [0.1, 0.15) is 11.9 Å². The van der Waals surface area contributed by atoms with Crippen molar-refractivity contribution in [1.82, 2.24) is 14.5 Å². The molecule has 0 N–H and O–H groups in total. The Kier molecular flexibility index (Phi) is 4.46. The standard InChI is InChI=1S/C19H24ClN3O2/c1-22-16-8-7-13(20)10-14(16)21-18(22)11-23-15-6-4-3-5-12(15)9-17(23)19(24)25-2/h7-8,10,12,15,17H,3-6,9,11H2,1-2H3/t12-,15-,17-/m0/s1. The van der Waals surface area contributed by atoms with Crippen molar-refractivity contribution < 1.29 is 9.53 Å². The van der Waals surface area contributed by atoms with Crippen LogP contribution in [0.1, 0.15) is 37.9 Å². The molecule has 134 valence electrons. The first-order valence-corrected chi connectivity index (χ1v) is 9.40. The van der Waals surface area contributed by atoms with Crippen LogP contribution in [0.25, 0.3) is 11.0 Å². The normalized spacial score (nSPS) is 26.8. The molecule has 25 heavy (non-hydrogen) atoms. The lowest BCUT2D eigenvalue weighted by Crippen LogP contribution is -2.42. The smallest absolute Gasteiger partial charge is 0.323 e. The van der Waals surface area contributed by atoms with E-state index >= 15 is 0 Å². The molecular formula is C19H24ClN3O2. The summed E-state index contributed by atoms with van der Waals surface area (Å²) in [6, 6.07) is 6.09. The molecule has 2 fully saturated rings. The summed E-state index contributed by atoms with van der Waals surface area (Å²) in [5, 5.41) is 0.693. The number of aromatic nitrogens is 2. The van der Waals surface area contributed by atoms with Crippen molar-refractivity contribution in [2.75, 3.05) is 7.11 Å². The van der Waals surface area contributed by atoms with Crippen LogP contribution < -0.4 is 0 Å². The van der Waals surface area contributed by atoms with Crippen molar-refractivity contribution in [2.45, 2.75) is 50.7 Å². The van der Waals surface area contributed by atoms with Crippen LogP contribution in [0.2, 0.25) is 5.02 Å². The van der Waals surface area contributed by atoms with E-state index in [9.17, 15) is 4.79 Å². The van der Waals surface area contributed by atoms with Crippen molar-refractivity contribution in [2.24, 2.45) is 13.0 Å². The number of likely N-dealkylation sites (tertiary alicyclic amines) is 1. The van der Waals surface area contributed by atoms with Gasteiger partial charge < -0.3 is 9.30 Å². The highest BCUT2D eigenvalue weighted by atomic mass is 35.5. The number of carbonyl (C=O) groups excluding carboxylic acids is 1. The highest BCUT2D eigenvalue weighted by molar-refractivity contribution is 6.31. The Hall–Kier alpha value is -1.59. The van der Waals surface area contributed by atoms with E-state index in [1.807, 2.05) is 25.2 Å². The van der Waals surface area contributed by atoms with E-state index in [0.717, 1.165) is 29.7 Å². The monoisotopic (exact) mass is 361 g/mol. The molecule has 6 heteroatoms. The van der Waals surface area contributed by atoms with E-state index < -0.39 is 0 Å². The Balaban J connectivity index is 1.67. The Bertz CT molecular complexity index is 803. The van der Waals surface area contributed by atoms with Crippen LogP contribution in [0.3, 0.4) is 0 Å². The molecule has 0 bridgehead atoms. The van der Waals surface area contributed by atoms with Crippen LogP contribution in [0.15, 0.2) is 18.2 Å². The molecule has 2 aromatic rings. The van der Waals surface area contributed by atoms with Gasteiger partial charge in [-0.2, -0.15) is 0 Å². The Morgan fingerprint density at radius 2 is 2.16 bits per heavy atom. The van der Waals surface area contributed by atoms with Crippen LogP contribution in [-0.2, 0) is 23.1 Å². The predicted molar refractivity (Wildman–Crippen MR) is 97.4 cm³/mol. The Morgan fingerprint density at radius 3 is 2.96 bits per heavy atom. The lowest BCUT2D eigenvalue weighted by atomic mass is 9.85. The minimum atomic E-state index is -0.151. The molecule has 0 unspecified atom stereocenters. The summed E-state index contributed by atoms with van der Waals surface area (Å²) in [5.74, 6) is 1.45. The number of nitrogens with zero attached hydrogens (tertiary/aromatic N) is 3. The van der Waals surface area contributed by atoms with Crippen LogP contribution >= 0.6 is 11.6 Å². The number of rotatable bonds is 3. The number of fused-ring (bicyclic) bond motifs is 2. The van der Waals surface area contributed by atoms with Crippen molar-refractivity contribution in [3.63, 3.8) is 0 Å². The first-order chi connectivity index (χ1) is 12.1. The van der Waals surface area contributed by atoms with Crippen LogP contribution in [0.4, 0.5) is 0 Å². The van der Waals surface area contributed by atoms with Gasteiger partial charge in [0, 0.05) is 18.1 Å². The Labute approximate surface area is 152 Å². The van der Waals surface area contributed by atoms with Crippen molar-refractivity contribution in [3.8, 4) is 0 Å². The van der Waals surface area contributed by atoms with Gasteiger partial charge in [-0.1, -0.05) is 24.4 Å². The summed E-state index contributed by atoms with van der Waals surface area (Å²) in [4.78, 5) is 19.5. The molecular weight excluding hydrogens is 338 g/mol. The predicted octanol–water partition coefficient (Wildman–Crippen LogP) is 3.53. The number of imidazole rings is 1. The summed E-state index contributed by atoms with van der Waals surface area (Å²) < 4.78 is 7.20. The van der Waals surface area contributed by atoms with Crippen LogP contribution in [-0.4, -0.2) is 39.6 Å². The quantitative estimate of drug-likeness (QED) is 0.784. The van der Waals surface area contributed by atoms with E-state index in [-0.39, 0.29) is 12.0 Å². The van der Waals surface area contributed by atoms with Gasteiger partial charge in [0.05, 0.1) is 24.7 Å². The fourth-order valence-electron chi connectivity index (χ4n) is 4.68. The zero-order chi connectivity index (χ0) is 17.6. The van der Waals surface area contributed by atoms with Gasteiger partial charge >= 0.3 is 5.97 Å². The third-order valence-corrected chi connectivity index (χ3v) is 6.19. The first kappa shape index (κ1) is 16.9. The number of benzene rings is 1. The largest absolute Gasteiger partial charge is 0.468 e. The summed E-state index contributed by atoms with van der Waals surface area (Å²) in [6.45, 7) is 0.670. The van der Waals surface area contributed by atoms with Crippen LogP contribution in [0, 0.1) is 5.92 Å². The molecule has 1 aliphatic carbocycles. The van der Waals surface area contributed by atoms with Crippen molar-refractivity contribution >= 4 is 28.6 Å². The highest BCUT2D eigenvalue weighted by Crippen LogP contribution is 2.41.